The quantitative estimate of drug-likeness (QED) is 0.842. The molecule has 0 bridgehead atoms. The Morgan fingerprint density at radius 2 is 2.17 bits per heavy atom. The molecule has 18 heavy (non-hydrogen) atoms. The summed E-state index contributed by atoms with van der Waals surface area (Å²) in [6, 6.07) is 0.364. The molecule has 1 aromatic rings. The number of anilines is 1. The van der Waals surface area contributed by atoms with Crippen LogP contribution in [0.25, 0.3) is 0 Å². The number of aromatic nitrogens is 3. The Morgan fingerprint density at radius 1 is 1.33 bits per heavy atom. The monoisotopic (exact) mass is 251 g/mol. The Labute approximate surface area is 109 Å². The lowest BCUT2D eigenvalue weighted by atomic mass is 9.90. The topological polar surface area (TPSA) is 54.8 Å². The first-order valence-corrected chi connectivity index (χ1v) is 7.20. The summed E-state index contributed by atoms with van der Waals surface area (Å²) in [7, 11) is 0. The van der Waals surface area contributed by atoms with Crippen LogP contribution in [-0.2, 0) is 6.54 Å². The predicted octanol–water partition coefficient (Wildman–Crippen LogP) is 2.18. The molecule has 2 heterocycles. The highest BCUT2D eigenvalue weighted by Gasteiger charge is 2.26. The van der Waals surface area contributed by atoms with Crippen LogP contribution in [0, 0.1) is 5.92 Å². The third-order valence-corrected chi connectivity index (χ3v) is 3.83. The molecule has 2 N–H and O–H groups in total. The van der Waals surface area contributed by atoms with Crippen molar-refractivity contribution in [3.8, 4) is 0 Å². The number of piperidine rings is 1. The van der Waals surface area contributed by atoms with Gasteiger partial charge in [0.15, 0.2) is 5.82 Å². The molecular formula is C13H25N5. The first-order valence-electron chi connectivity index (χ1n) is 7.20. The van der Waals surface area contributed by atoms with Gasteiger partial charge in [0.1, 0.15) is 0 Å². The molecule has 1 aliphatic rings. The van der Waals surface area contributed by atoms with Gasteiger partial charge in [0.05, 0.1) is 6.04 Å². The van der Waals surface area contributed by atoms with Crippen molar-refractivity contribution in [1.29, 1.82) is 0 Å². The summed E-state index contributed by atoms with van der Waals surface area (Å²) >= 11 is 0. The van der Waals surface area contributed by atoms with Gasteiger partial charge < -0.3 is 10.6 Å². The van der Waals surface area contributed by atoms with Crippen LogP contribution in [0.3, 0.4) is 0 Å². The summed E-state index contributed by atoms with van der Waals surface area (Å²) in [5.41, 5.74) is 0. The molecule has 0 aromatic carbocycles. The van der Waals surface area contributed by atoms with Crippen LogP contribution in [0.2, 0.25) is 0 Å². The van der Waals surface area contributed by atoms with Crippen LogP contribution in [-0.4, -0.2) is 27.9 Å². The van der Waals surface area contributed by atoms with Crippen molar-refractivity contribution in [3.05, 3.63) is 5.82 Å². The fraction of sp³-hybridized carbons (Fsp3) is 0.846. The Kier molecular flexibility index (Phi) is 4.58. The molecule has 2 rings (SSSR count). The molecule has 5 heteroatoms. The van der Waals surface area contributed by atoms with E-state index in [0.29, 0.717) is 6.04 Å². The Bertz CT molecular complexity index is 373. The molecule has 0 saturated carbocycles. The van der Waals surface area contributed by atoms with Gasteiger partial charge in [-0.1, -0.05) is 13.3 Å². The molecule has 2 unspecified atom stereocenters. The van der Waals surface area contributed by atoms with E-state index < -0.39 is 0 Å². The van der Waals surface area contributed by atoms with Gasteiger partial charge in [-0.05, 0) is 39.2 Å². The van der Waals surface area contributed by atoms with Crippen LogP contribution < -0.4 is 10.6 Å². The third kappa shape index (κ3) is 2.66. The minimum Gasteiger partial charge on any atom is -0.355 e. The molecule has 0 aliphatic carbocycles. The second-order valence-electron chi connectivity index (χ2n) is 4.96. The van der Waals surface area contributed by atoms with Crippen molar-refractivity contribution in [3.63, 3.8) is 0 Å². The zero-order valence-corrected chi connectivity index (χ0v) is 11.7. The summed E-state index contributed by atoms with van der Waals surface area (Å²) in [4.78, 5) is 0. The van der Waals surface area contributed by atoms with Gasteiger partial charge in [-0.3, -0.25) is 4.57 Å². The number of nitrogens with zero attached hydrogens (tertiary/aromatic N) is 3. The smallest absolute Gasteiger partial charge is 0.224 e. The lowest BCUT2D eigenvalue weighted by Crippen LogP contribution is -2.33. The van der Waals surface area contributed by atoms with Crippen LogP contribution in [0.1, 0.15) is 51.9 Å². The average molecular weight is 251 g/mol. The van der Waals surface area contributed by atoms with Gasteiger partial charge in [-0.15, -0.1) is 10.2 Å². The van der Waals surface area contributed by atoms with Gasteiger partial charge in [-0.25, -0.2) is 0 Å². The fourth-order valence-corrected chi connectivity index (χ4v) is 2.74. The van der Waals surface area contributed by atoms with Crippen LogP contribution >= 0.6 is 0 Å². The second-order valence-corrected chi connectivity index (χ2v) is 4.96. The predicted molar refractivity (Wildman–Crippen MR) is 73.6 cm³/mol. The molecular weight excluding hydrogens is 226 g/mol. The van der Waals surface area contributed by atoms with E-state index in [-0.39, 0.29) is 0 Å². The maximum Gasteiger partial charge on any atom is 0.224 e. The summed E-state index contributed by atoms with van der Waals surface area (Å²) in [6.07, 6.45) is 3.73. The molecule has 1 fully saturated rings. The van der Waals surface area contributed by atoms with Gasteiger partial charge in [0.2, 0.25) is 5.95 Å². The van der Waals surface area contributed by atoms with Crippen LogP contribution in [0.5, 0.6) is 0 Å². The van der Waals surface area contributed by atoms with Crippen molar-refractivity contribution in [2.45, 2.75) is 52.6 Å². The van der Waals surface area contributed by atoms with E-state index in [1.807, 2.05) is 0 Å². The van der Waals surface area contributed by atoms with E-state index in [9.17, 15) is 0 Å². The van der Waals surface area contributed by atoms with Gasteiger partial charge in [0, 0.05) is 13.1 Å². The minimum absolute atomic E-state index is 0.364. The SMILES string of the molecule is CCNc1nnc(C2CC(CC)CCN2)n1CC. The van der Waals surface area contributed by atoms with E-state index in [4.69, 9.17) is 0 Å². The van der Waals surface area contributed by atoms with Crippen molar-refractivity contribution in [1.82, 2.24) is 20.1 Å². The average Bonchev–Trinajstić information content (AvgIpc) is 2.82. The molecule has 2 atom stereocenters. The first kappa shape index (κ1) is 13.3. The lowest BCUT2D eigenvalue weighted by molar-refractivity contribution is 0.286. The molecule has 1 aliphatic heterocycles. The third-order valence-electron chi connectivity index (χ3n) is 3.83. The van der Waals surface area contributed by atoms with Crippen LogP contribution in [0.4, 0.5) is 5.95 Å². The first-order chi connectivity index (χ1) is 8.80. The maximum absolute atomic E-state index is 4.39. The molecule has 102 valence electrons. The van der Waals surface area contributed by atoms with E-state index in [0.717, 1.165) is 37.3 Å². The molecule has 0 amide bonds. The summed E-state index contributed by atoms with van der Waals surface area (Å²) in [5.74, 6) is 2.81. The normalized spacial score (nSPS) is 24.2. The fourth-order valence-electron chi connectivity index (χ4n) is 2.74. The van der Waals surface area contributed by atoms with E-state index in [1.54, 1.807) is 0 Å². The van der Waals surface area contributed by atoms with Crippen molar-refractivity contribution in [2.24, 2.45) is 5.92 Å². The summed E-state index contributed by atoms with van der Waals surface area (Å²) in [6.45, 7) is 9.40. The zero-order valence-electron chi connectivity index (χ0n) is 11.7. The molecule has 1 saturated heterocycles. The van der Waals surface area contributed by atoms with Gasteiger partial charge in [-0.2, -0.15) is 0 Å². The van der Waals surface area contributed by atoms with Crippen molar-refractivity contribution >= 4 is 5.95 Å². The Hall–Kier alpha value is -1.10. The maximum atomic E-state index is 4.39. The number of rotatable bonds is 5. The van der Waals surface area contributed by atoms with Crippen LogP contribution in [0.15, 0.2) is 0 Å². The highest BCUT2D eigenvalue weighted by atomic mass is 15.4. The standard InChI is InChI=1S/C13H25N5/c1-4-10-7-8-15-11(9-10)12-16-17-13(14-5-2)18(12)6-3/h10-11,15H,4-9H2,1-3H3,(H,14,17). The van der Waals surface area contributed by atoms with E-state index >= 15 is 0 Å². The lowest BCUT2D eigenvalue weighted by Gasteiger charge is -2.29. The Balaban J connectivity index is 2.16. The molecule has 5 nitrogen and oxygen atoms in total. The van der Waals surface area contributed by atoms with E-state index in [1.165, 1.54) is 19.3 Å². The molecule has 1 aromatic heterocycles. The number of hydrogen-bond donors (Lipinski definition) is 2. The summed E-state index contributed by atoms with van der Waals surface area (Å²) in [5, 5.41) is 15.5. The zero-order chi connectivity index (χ0) is 13.0. The highest BCUT2D eigenvalue weighted by molar-refractivity contribution is 5.26. The van der Waals surface area contributed by atoms with E-state index in [2.05, 4.69) is 46.2 Å². The second kappa shape index (κ2) is 6.18. The minimum atomic E-state index is 0.364. The van der Waals surface area contributed by atoms with Crippen molar-refractivity contribution < 1.29 is 0 Å². The molecule has 0 spiro atoms. The summed E-state index contributed by atoms with van der Waals surface area (Å²) < 4.78 is 2.19. The number of nitrogens with one attached hydrogen (secondary N) is 2. The molecule has 0 radical (unpaired) electrons. The Morgan fingerprint density at radius 3 is 2.83 bits per heavy atom. The van der Waals surface area contributed by atoms with Gasteiger partial charge in [0.25, 0.3) is 0 Å². The highest BCUT2D eigenvalue weighted by Crippen LogP contribution is 2.29. The largest absolute Gasteiger partial charge is 0.355 e. The van der Waals surface area contributed by atoms with Crippen molar-refractivity contribution in [2.75, 3.05) is 18.4 Å². The van der Waals surface area contributed by atoms with Gasteiger partial charge >= 0.3 is 0 Å². The number of hydrogen-bond acceptors (Lipinski definition) is 4.